The molecule has 1 unspecified atom stereocenters. The maximum Gasteiger partial charge on any atom is 0.253 e. The van der Waals surface area contributed by atoms with Gasteiger partial charge >= 0.3 is 0 Å². The average molecular weight is 387 g/mol. The van der Waals surface area contributed by atoms with E-state index in [1.54, 1.807) is 0 Å². The molecule has 1 aromatic carbocycles. The van der Waals surface area contributed by atoms with Crippen molar-refractivity contribution in [2.24, 2.45) is 0 Å². The van der Waals surface area contributed by atoms with Crippen LogP contribution in [0.4, 0.5) is 0 Å². The predicted molar refractivity (Wildman–Crippen MR) is 111 cm³/mol. The molecule has 6 heteroatoms. The summed E-state index contributed by atoms with van der Waals surface area (Å²) in [5, 5.41) is 0. The lowest BCUT2D eigenvalue weighted by Gasteiger charge is -2.40. The van der Waals surface area contributed by atoms with E-state index in [1.165, 1.54) is 5.56 Å². The van der Waals surface area contributed by atoms with Crippen LogP contribution in [0.2, 0.25) is 0 Å². The van der Waals surface area contributed by atoms with Crippen molar-refractivity contribution in [1.82, 2.24) is 24.8 Å². The zero-order chi connectivity index (χ0) is 20.2. The number of likely N-dealkylation sites (tertiary alicyclic amines) is 1. The fourth-order valence-electron chi connectivity index (χ4n) is 4.88. The van der Waals surface area contributed by atoms with Gasteiger partial charge in [0.25, 0.3) is 5.91 Å². The highest BCUT2D eigenvalue weighted by molar-refractivity contribution is 5.97. The molecule has 5 rings (SSSR count). The number of fused-ring (bicyclic) bond motifs is 3. The lowest BCUT2D eigenvalue weighted by molar-refractivity contribution is 0.0633. The number of hydrogen-bond donors (Lipinski definition) is 0. The van der Waals surface area contributed by atoms with Gasteiger partial charge in [-0.15, -0.1) is 0 Å². The molecule has 0 saturated carbocycles. The number of aromatic nitrogens is 4. The standard InChI is InChI=1S/C23H25N5O/c1-14-15(2)26-20-11-17(5-6-19(20)25-14)22(29)28-10-4-8-23(13-28)9-7-18-12-24-16(3)27-21(18)23/h5-6,11-12H,4,7-10,13H2,1-3H3. The van der Waals surface area contributed by atoms with E-state index in [0.29, 0.717) is 5.56 Å². The third-order valence-corrected chi connectivity index (χ3v) is 6.55. The fourth-order valence-corrected chi connectivity index (χ4v) is 4.88. The van der Waals surface area contributed by atoms with Crippen molar-refractivity contribution in [1.29, 1.82) is 0 Å². The van der Waals surface area contributed by atoms with Gasteiger partial charge in [0.05, 0.1) is 28.1 Å². The number of rotatable bonds is 1. The number of benzene rings is 1. The molecule has 1 amide bonds. The molecular weight excluding hydrogens is 362 g/mol. The number of carbonyl (C=O) groups is 1. The molecule has 1 aliphatic carbocycles. The lowest BCUT2D eigenvalue weighted by Crippen LogP contribution is -2.48. The highest BCUT2D eigenvalue weighted by atomic mass is 16.2. The molecule has 2 aliphatic rings. The first-order valence-corrected chi connectivity index (χ1v) is 10.3. The summed E-state index contributed by atoms with van der Waals surface area (Å²) in [4.78, 5) is 33.7. The molecule has 0 bridgehead atoms. The van der Waals surface area contributed by atoms with Crippen molar-refractivity contribution in [3.05, 3.63) is 58.4 Å². The second kappa shape index (κ2) is 6.58. The number of piperidine rings is 1. The molecule has 6 nitrogen and oxygen atoms in total. The van der Waals surface area contributed by atoms with Gasteiger partial charge in [0.1, 0.15) is 5.82 Å². The van der Waals surface area contributed by atoms with Crippen molar-refractivity contribution >= 4 is 16.9 Å². The van der Waals surface area contributed by atoms with E-state index < -0.39 is 0 Å². The highest BCUT2D eigenvalue weighted by Crippen LogP contribution is 2.44. The molecular formula is C23H25N5O. The molecule has 1 spiro atoms. The van der Waals surface area contributed by atoms with Crippen LogP contribution in [0.1, 0.15) is 58.1 Å². The normalized spacial score (nSPS) is 21.0. The highest BCUT2D eigenvalue weighted by Gasteiger charge is 2.44. The van der Waals surface area contributed by atoms with Crippen LogP contribution in [0.3, 0.4) is 0 Å². The van der Waals surface area contributed by atoms with E-state index in [0.717, 1.165) is 72.7 Å². The van der Waals surface area contributed by atoms with E-state index in [4.69, 9.17) is 4.98 Å². The smallest absolute Gasteiger partial charge is 0.253 e. The second-order valence-corrected chi connectivity index (χ2v) is 8.50. The van der Waals surface area contributed by atoms with Gasteiger partial charge in [0.2, 0.25) is 0 Å². The Balaban J connectivity index is 1.46. The summed E-state index contributed by atoms with van der Waals surface area (Å²) in [6, 6.07) is 5.67. The van der Waals surface area contributed by atoms with E-state index in [-0.39, 0.29) is 11.3 Å². The van der Waals surface area contributed by atoms with E-state index in [9.17, 15) is 4.79 Å². The van der Waals surface area contributed by atoms with Crippen LogP contribution < -0.4 is 0 Å². The molecule has 3 heterocycles. The Bertz CT molecular complexity index is 1140. The van der Waals surface area contributed by atoms with Gasteiger partial charge in [-0.05, 0) is 70.2 Å². The Morgan fingerprint density at radius 2 is 1.83 bits per heavy atom. The largest absolute Gasteiger partial charge is 0.338 e. The molecule has 1 atom stereocenters. The molecule has 29 heavy (non-hydrogen) atoms. The minimum absolute atomic E-state index is 0.0265. The number of amides is 1. The zero-order valence-corrected chi connectivity index (χ0v) is 17.2. The summed E-state index contributed by atoms with van der Waals surface area (Å²) in [5.74, 6) is 0.887. The topological polar surface area (TPSA) is 71.9 Å². The van der Waals surface area contributed by atoms with Gasteiger partial charge in [-0.1, -0.05) is 0 Å². The Morgan fingerprint density at radius 1 is 1.03 bits per heavy atom. The third-order valence-electron chi connectivity index (χ3n) is 6.55. The quantitative estimate of drug-likeness (QED) is 0.639. The lowest BCUT2D eigenvalue weighted by atomic mass is 9.77. The molecule has 1 saturated heterocycles. The van der Waals surface area contributed by atoms with Crippen LogP contribution in [0.25, 0.3) is 11.0 Å². The van der Waals surface area contributed by atoms with Crippen LogP contribution in [0.5, 0.6) is 0 Å². The molecule has 0 radical (unpaired) electrons. The van der Waals surface area contributed by atoms with E-state index >= 15 is 0 Å². The average Bonchev–Trinajstić information content (AvgIpc) is 3.05. The minimum Gasteiger partial charge on any atom is -0.338 e. The Labute approximate surface area is 170 Å². The van der Waals surface area contributed by atoms with Crippen LogP contribution in [0.15, 0.2) is 24.4 Å². The summed E-state index contributed by atoms with van der Waals surface area (Å²) >= 11 is 0. The van der Waals surface area contributed by atoms with Crippen molar-refractivity contribution in [2.45, 2.75) is 51.9 Å². The summed E-state index contributed by atoms with van der Waals surface area (Å²) < 4.78 is 0. The molecule has 3 aromatic rings. The van der Waals surface area contributed by atoms with Crippen LogP contribution in [-0.2, 0) is 11.8 Å². The summed E-state index contributed by atoms with van der Waals surface area (Å²) in [6.45, 7) is 7.37. The Morgan fingerprint density at radius 3 is 2.66 bits per heavy atom. The maximum atomic E-state index is 13.4. The maximum absolute atomic E-state index is 13.4. The first-order valence-electron chi connectivity index (χ1n) is 10.3. The fraction of sp³-hybridized carbons (Fsp3) is 0.435. The summed E-state index contributed by atoms with van der Waals surface area (Å²) in [7, 11) is 0. The van der Waals surface area contributed by atoms with Gasteiger partial charge in [-0.25, -0.2) is 19.9 Å². The number of nitrogens with zero attached hydrogens (tertiary/aromatic N) is 5. The molecule has 2 aromatic heterocycles. The second-order valence-electron chi connectivity index (χ2n) is 8.50. The number of carbonyl (C=O) groups excluding carboxylic acids is 1. The number of aryl methyl sites for hydroxylation is 4. The summed E-state index contributed by atoms with van der Waals surface area (Å²) in [6.07, 6.45) is 6.11. The van der Waals surface area contributed by atoms with Crippen LogP contribution >= 0.6 is 0 Å². The van der Waals surface area contributed by atoms with Gasteiger partial charge in [-0.3, -0.25) is 4.79 Å². The van der Waals surface area contributed by atoms with Crippen LogP contribution in [0, 0.1) is 20.8 Å². The van der Waals surface area contributed by atoms with E-state index in [1.807, 2.05) is 50.1 Å². The van der Waals surface area contributed by atoms with Gasteiger partial charge in [0, 0.05) is 30.3 Å². The van der Waals surface area contributed by atoms with Gasteiger partial charge in [0.15, 0.2) is 0 Å². The zero-order valence-electron chi connectivity index (χ0n) is 17.2. The molecule has 1 aliphatic heterocycles. The monoisotopic (exact) mass is 387 g/mol. The van der Waals surface area contributed by atoms with Crippen LogP contribution in [-0.4, -0.2) is 43.8 Å². The summed E-state index contributed by atoms with van der Waals surface area (Å²) in [5.41, 5.74) is 6.50. The molecule has 0 N–H and O–H groups in total. The SMILES string of the molecule is Cc1ncc2c(n1)C1(CCCN(C(=O)c3ccc4nc(C)c(C)nc4c3)C1)CC2. The van der Waals surface area contributed by atoms with Crippen molar-refractivity contribution < 1.29 is 4.79 Å². The molecule has 1 fully saturated rings. The Hall–Kier alpha value is -2.89. The molecule has 148 valence electrons. The predicted octanol–water partition coefficient (Wildman–Crippen LogP) is 3.47. The third kappa shape index (κ3) is 2.98. The minimum atomic E-state index is -0.0265. The van der Waals surface area contributed by atoms with Crippen molar-refractivity contribution in [3.8, 4) is 0 Å². The van der Waals surface area contributed by atoms with Gasteiger partial charge < -0.3 is 4.90 Å². The first-order chi connectivity index (χ1) is 13.9. The van der Waals surface area contributed by atoms with E-state index in [2.05, 4.69) is 15.0 Å². The van der Waals surface area contributed by atoms with Crippen molar-refractivity contribution in [3.63, 3.8) is 0 Å². The number of hydrogen-bond acceptors (Lipinski definition) is 5. The first kappa shape index (κ1) is 18.2. The van der Waals surface area contributed by atoms with Gasteiger partial charge in [-0.2, -0.15) is 0 Å². The van der Waals surface area contributed by atoms with Crippen molar-refractivity contribution in [2.75, 3.05) is 13.1 Å². The Kier molecular flexibility index (Phi) is 4.12.